The van der Waals surface area contributed by atoms with E-state index in [1.807, 2.05) is 23.9 Å². The van der Waals surface area contributed by atoms with Crippen LogP contribution < -0.4 is 5.32 Å². The maximum Gasteiger partial charge on any atom is 0.0417 e. The number of halogens is 1. The molecule has 0 radical (unpaired) electrons. The fourth-order valence-corrected chi connectivity index (χ4v) is 3.69. The van der Waals surface area contributed by atoms with Gasteiger partial charge in [0.1, 0.15) is 0 Å². The van der Waals surface area contributed by atoms with Crippen molar-refractivity contribution in [1.29, 1.82) is 0 Å². The first-order chi connectivity index (χ1) is 9.21. The summed E-state index contributed by atoms with van der Waals surface area (Å²) in [6.45, 7) is 7.91. The molecule has 0 bridgehead atoms. The highest BCUT2D eigenvalue weighted by Crippen LogP contribution is 2.25. The van der Waals surface area contributed by atoms with Gasteiger partial charge in [0.2, 0.25) is 0 Å². The van der Waals surface area contributed by atoms with Gasteiger partial charge >= 0.3 is 0 Å². The molecule has 0 saturated carbocycles. The molecule has 1 aromatic rings. The summed E-state index contributed by atoms with van der Waals surface area (Å²) in [5.41, 5.74) is 0. The molecule has 0 saturated heterocycles. The highest BCUT2D eigenvalue weighted by Gasteiger charge is 2.17. The molecular formula is C16H26ClNS. The van der Waals surface area contributed by atoms with Crippen molar-refractivity contribution in [3.05, 3.63) is 29.3 Å². The van der Waals surface area contributed by atoms with Gasteiger partial charge in [-0.25, -0.2) is 0 Å². The predicted molar refractivity (Wildman–Crippen MR) is 88.3 cm³/mol. The van der Waals surface area contributed by atoms with Gasteiger partial charge < -0.3 is 5.32 Å². The summed E-state index contributed by atoms with van der Waals surface area (Å²) in [6.07, 6.45) is 3.68. The molecule has 19 heavy (non-hydrogen) atoms. The summed E-state index contributed by atoms with van der Waals surface area (Å²) in [6, 6.07) is 8.74. The summed E-state index contributed by atoms with van der Waals surface area (Å²) in [5.74, 6) is 1.88. The molecule has 3 heteroatoms. The number of thioether (sulfide) groups is 1. The average Bonchev–Trinajstić information content (AvgIpc) is 2.42. The minimum atomic E-state index is 0.596. The van der Waals surface area contributed by atoms with E-state index in [4.69, 9.17) is 11.6 Å². The van der Waals surface area contributed by atoms with Crippen molar-refractivity contribution < 1.29 is 0 Å². The van der Waals surface area contributed by atoms with Crippen molar-refractivity contribution in [1.82, 2.24) is 5.32 Å². The minimum absolute atomic E-state index is 0.596. The monoisotopic (exact) mass is 299 g/mol. The first-order valence-corrected chi connectivity index (χ1v) is 8.69. The van der Waals surface area contributed by atoms with E-state index < -0.39 is 0 Å². The first-order valence-electron chi connectivity index (χ1n) is 7.32. The van der Waals surface area contributed by atoms with Crippen LogP contribution in [0.2, 0.25) is 5.02 Å². The second-order valence-corrected chi connectivity index (χ2v) is 6.44. The largest absolute Gasteiger partial charge is 0.313 e. The third-order valence-corrected chi connectivity index (χ3v) is 4.85. The molecule has 1 unspecified atom stereocenters. The number of hydrogen-bond donors (Lipinski definition) is 1. The van der Waals surface area contributed by atoms with Crippen LogP contribution in [-0.2, 0) is 0 Å². The molecule has 0 fully saturated rings. The Morgan fingerprint density at radius 2 is 1.95 bits per heavy atom. The van der Waals surface area contributed by atoms with Gasteiger partial charge in [0.15, 0.2) is 0 Å². The quantitative estimate of drug-likeness (QED) is 0.626. The third-order valence-electron chi connectivity index (χ3n) is 3.50. The van der Waals surface area contributed by atoms with Crippen molar-refractivity contribution in [2.45, 2.75) is 51.0 Å². The van der Waals surface area contributed by atoms with Gasteiger partial charge in [-0.15, -0.1) is 11.8 Å². The van der Waals surface area contributed by atoms with Crippen LogP contribution in [0.1, 0.15) is 40.0 Å². The molecule has 1 rings (SSSR count). The molecular weight excluding hydrogens is 274 g/mol. The van der Waals surface area contributed by atoms with Gasteiger partial charge in [0.25, 0.3) is 0 Å². The zero-order valence-corrected chi connectivity index (χ0v) is 13.9. The molecule has 1 nitrogen and oxygen atoms in total. The maximum absolute atomic E-state index is 6.03. The smallest absolute Gasteiger partial charge is 0.0417 e. The van der Waals surface area contributed by atoms with Crippen LogP contribution in [0.4, 0.5) is 0 Å². The van der Waals surface area contributed by atoms with Crippen LogP contribution in [0, 0.1) is 5.92 Å². The molecule has 0 aliphatic heterocycles. The van der Waals surface area contributed by atoms with E-state index in [0.29, 0.717) is 6.04 Å². The first kappa shape index (κ1) is 16.9. The van der Waals surface area contributed by atoms with Gasteiger partial charge in [-0.2, -0.15) is 0 Å². The van der Waals surface area contributed by atoms with Crippen molar-refractivity contribution in [2.75, 3.05) is 12.3 Å². The van der Waals surface area contributed by atoms with Gasteiger partial charge in [0.05, 0.1) is 0 Å². The Labute approximate surface area is 127 Å². The lowest BCUT2D eigenvalue weighted by atomic mass is 9.95. The Kier molecular flexibility index (Phi) is 8.60. The second-order valence-electron chi connectivity index (χ2n) is 4.91. The second kappa shape index (κ2) is 9.68. The maximum atomic E-state index is 6.03. The van der Waals surface area contributed by atoms with E-state index in [-0.39, 0.29) is 0 Å². The van der Waals surface area contributed by atoms with Crippen LogP contribution in [0.15, 0.2) is 29.2 Å². The van der Waals surface area contributed by atoms with Crippen LogP contribution in [0.3, 0.4) is 0 Å². The van der Waals surface area contributed by atoms with Gasteiger partial charge in [-0.1, -0.05) is 51.3 Å². The van der Waals surface area contributed by atoms with Crippen LogP contribution >= 0.6 is 23.4 Å². The summed E-state index contributed by atoms with van der Waals surface area (Å²) in [7, 11) is 0. The molecule has 108 valence electrons. The van der Waals surface area contributed by atoms with E-state index in [0.717, 1.165) is 23.2 Å². The number of hydrogen-bond acceptors (Lipinski definition) is 2. The highest BCUT2D eigenvalue weighted by atomic mass is 35.5. The predicted octanol–water partition coefficient (Wildman–Crippen LogP) is 5.24. The topological polar surface area (TPSA) is 12.0 Å². The normalized spacial score (nSPS) is 12.9. The van der Waals surface area contributed by atoms with E-state index in [1.54, 1.807) is 0 Å². The lowest BCUT2D eigenvalue weighted by Crippen LogP contribution is -2.38. The molecule has 1 atom stereocenters. The minimum Gasteiger partial charge on any atom is -0.313 e. The van der Waals surface area contributed by atoms with Crippen LogP contribution in [-0.4, -0.2) is 18.3 Å². The van der Waals surface area contributed by atoms with Crippen molar-refractivity contribution in [2.24, 2.45) is 5.92 Å². The zero-order valence-electron chi connectivity index (χ0n) is 12.3. The lowest BCUT2D eigenvalue weighted by molar-refractivity contribution is 0.360. The Bertz CT molecular complexity index is 352. The van der Waals surface area contributed by atoms with E-state index in [2.05, 4.69) is 38.2 Å². The summed E-state index contributed by atoms with van der Waals surface area (Å²) < 4.78 is 0. The third kappa shape index (κ3) is 6.20. The van der Waals surface area contributed by atoms with E-state index >= 15 is 0 Å². The Morgan fingerprint density at radius 3 is 2.53 bits per heavy atom. The molecule has 0 heterocycles. The fraction of sp³-hybridized carbons (Fsp3) is 0.625. The number of benzene rings is 1. The van der Waals surface area contributed by atoms with Crippen LogP contribution in [0.5, 0.6) is 0 Å². The number of rotatable bonds is 9. The van der Waals surface area contributed by atoms with Gasteiger partial charge in [-0.3, -0.25) is 0 Å². The molecule has 0 aromatic heterocycles. The van der Waals surface area contributed by atoms with Crippen molar-refractivity contribution in [3.8, 4) is 0 Å². The molecule has 1 aromatic carbocycles. The molecule has 0 spiro atoms. The average molecular weight is 300 g/mol. The zero-order chi connectivity index (χ0) is 14.1. The highest BCUT2D eigenvalue weighted by molar-refractivity contribution is 7.99. The molecule has 0 aliphatic rings. The molecule has 1 N–H and O–H groups in total. The SMILES string of the molecule is CCCNC(CSc1cccc(Cl)c1)C(CC)CC. The summed E-state index contributed by atoms with van der Waals surface area (Å²) in [5, 5.41) is 4.53. The fourth-order valence-electron chi connectivity index (χ4n) is 2.29. The van der Waals surface area contributed by atoms with Crippen LogP contribution in [0.25, 0.3) is 0 Å². The summed E-state index contributed by atoms with van der Waals surface area (Å²) in [4.78, 5) is 1.27. The molecule has 0 amide bonds. The van der Waals surface area contributed by atoms with E-state index in [1.165, 1.54) is 24.2 Å². The standard InChI is InChI=1S/C16H26ClNS/c1-4-10-18-16(13(5-2)6-3)12-19-15-9-7-8-14(17)11-15/h7-9,11,13,16,18H,4-6,10,12H2,1-3H3. The van der Waals surface area contributed by atoms with Gasteiger partial charge in [-0.05, 0) is 37.1 Å². The molecule has 0 aliphatic carbocycles. The van der Waals surface area contributed by atoms with E-state index in [9.17, 15) is 0 Å². The van der Waals surface area contributed by atoms with Crippen molar-refractivity contribution >= 4 is 23.4 Å². The van der Waals surface area contributed by atoms with Crippen molar-refractivity contribution in [3.63, 3.8) is 0 Å². The lowest BCUT2D eigenvalue weighted by Gasteiger charge is -2.26. The Balaban J connectivity index is 2.56. The Hall–Kier alpha value is -0.180. The van der Waals surface area contributed by atoms with Gasteiger partial charge in [0, 0.05) is 21.7 Å². The summed E-state index contributed by atoms with van der Waals surface area (Å²) >= 11 is 7.94. The Morgan fingerprint density at radius 1 is 1.21 bits per heavy atom. The number of nitrogens with one attached hydrogen (secondary N) is 1.